The maximum Gasteiger partial charge on any atom is 0.270 e. The Morgan fingerprint density at radius 1 is 1.50 bits per heavy atom. The van der Waals surface area contributed by atoms with Gasteiger partial charge in [-0.05, 0) is 38.4 Å². The van der Waals surface area contributed by atoms with Gasteiger partial charge in [-0.15, -0.1) is 0 Å². The summed E-state index contributed by atoms with van der Waals surface area (Å²) in [6.45, 7) is 4.89. The Balaban J connectivity index is 2.10. The van der Waals surface area contributed by atoms with E-state index in [2.05, 4.69) is 17.2 Å². The molecule has 1 aromatic heterocycles. The number of H-pyrrole nitrogens is 1. The van der Waals surface area contributed by atoms with Gasteiger partial charge in [0.1, 0.15) is 5.69 Å². The van der Waals surface area contributed by atoms with E-state index in [1.54, 1.807) is 12.3 Å². The third-order valence-corrected chi connectivity index (χ3v) is 3.57. The summed E-state index contributed by atoms with van der Waals surface area (Å²) in [6.07, 6.45) is 4.69. The molecular formula is C13H20ClN3O. The fourth-order valence-corrected chi connectivity index (χ4v) is 2.62. The summed E-state index contributed by atoms with van der Waals surface area (Å²) in [5, 5.41) is 3.91. The van der Waals surface area contributed by atoms with E-state index in [1.807, 2.05) is 4.90 Å². The van der Waals surface area contributed by atoms with Crippen molar-refractivity contribution in [3.63, 3.8) is 0 Å². The number of halogens is 1. The Bertz CT molecular complexity index is 399. The molecule has 0 unspecified atom stereocenters. The summed E-state index contributed by atoms with van der Waals surface area (Å²) in [6, 6.07) is 2.05. The third kappa shape index (κ3) is 3.06. The van der Waals surface area contributed by atoms with Crippen LogP contribution in [-0.2, 0) is 0 Å². The molecule has 4 nitrogen and oxygen atoms in total. The Morgan fingerprint density at radius 2 is 2.22 bits per heavy atom. The topological polar surface area (TPSA) is 48.1 Å². The first kappa shape index (κ1) is 13.4. The van der Waals surface area contributed by atoms with Gasteiger partial charge < -0.3 is 15.2 Å². The first-order valence-corrected chi connectivity index (χ1v) is 6.95. The third-order valence-electron chi connectivity index (χ3n) is 3.35. The highest BCUT2D eigenvalue weighted by atomic mass is 35.5. The van der Waals surface area contributed by atoms with Gasteiger partial charge in [-0.25, -0.2) is 0 Å². The Kier molecular flexibility index (Phi) is 4.66. The molecule has 100 valence electrons. The van der Waals surface area contributed by atoms with Crippen LogP contribution in [0.25, 0.3) is 0 Å². The van der Waals surface area contributed by atoms with Crippen LogP contribution in [0.4, 0.5) is 0 Å². The molecule has 1 aliphatic rings. The number of aromatic nitrogens is 1. The number of nitrogens with one attached hydrogen (secondary N) is 2. The van der Waals surface area contributed by atoms with Crippen molar-refractivity contribution in [2.45, 2.75) is 32.2 Å². The van der Waals surface area contributed by atoms with E-state index < -0.39 is 0 Å². The van der Waals surface area contributed by atoms with Gasteiger partial charge >= 0.3 is 0 Å². The zero-order valence-corrected chi connectivity index (χ0v) is 11.5. The lowest BCUT2D eigenvalue weighted by Crippen LogP contribution is -2.46. The summed E-state index contributed by atoms with van der Waals surface area (Å²) in [4.78, 5) is 17.4. The SMILES string of the molecule is CCCN(C(=O)c1cc(Cl)c[nH]1)C1CCNCC1. The molecule has 0 saturated carbocycles. The van der Waals surface area contributed by atoms with Gasteiger partial charge in [-0.3, -0.25) is 4.79 Å². The number of rotatable bonds is 4. The molecule has 0 bridgehead atoms. The van der Waals surface area contributed by atoms with E-state index in [9.17, 15) is 4.79 Å². The minimum absolute atomic E-state index is 0.0654. The van der Waals surface area contributed by atoms with Crippen molar-refractivity contribution >= 4 is 17.5 Å². The molecule has 1 saturated heterocycles. The standard InChI is InChI=1S/C13H20ClN3O/c1-2-7-17(11-3-5-15-6-4-11)13(18)12-8-10(14)9-16-12/h8-9,11,15-16H,2-7H2,1H3. The van der Waals surface area contributed by atoms with Gasteiger partial charge in [0.15, 0.2) is 0 Å². The van der Waals surface area contributed by atoms with Crippen molar-refractivity contribution in [2.75, 3.05) is 19.6 Å². The molecule has 5 heteroatoms. The number of carbonyl (C=O) groups is 1. The van der Waals surface area contributed by atoms with Crippen LogP contribution in [0.3, 0.4) is 0 Å². The molecule has 1 fully saturated rings. The monoisotopic (exact) mass is 269 g/mol. The molecule has 0 spiro atoms. The summed E-state index contributed by atoms with van der Waals surface area (Å²) in [5.41, 5.74) is 0.590. The van der Waals surface area contributed by atoms with Gasteiger partial charge in [0.05, 0.1) is 5.02 Å². The van der Waals surface area contributed by atoms with Gasteiger partial charge in [-0.1, -0.05) is 18.5 Å². The van der Waals surface area contributed by atoms with E-state index in [1.165, 1.54) is 0 Å². The Hall–Kier alpha value is -1.00. The molecule has 0 aliphatic carbocycles. The Labute approximate surface area is 113 Å². The van der Waals surface area contributed by atoms with E-state index >= 15 is 0 Å². The predicted molar refractivity (Wildman–Crippen MR) is 73.0 cm³/mol. The lowest BCUT2D eigenvalue weighted by atomic mass is 10.0. The summed E-state index contributed by atoms with van der Waals surface area (Å²) in [5.74, 6) is 0.0654. The van der Waals surface area contributed by atoms with Gasteiger partial charge in [-0.2, -0.15) is 0 Å². The molecule has 1 amide bonds. The van der Waals surface area contributed by atoms with Crippen LogP contribution in [0.5, 0.6) is 0 Å². The molecule has 2 heterocycles. The van der Waals surface area contributed by atoms with Crippen molar-refractivity contribution in [2.24, 2.45) is 0 Å². The van der Waals surface area contributed by atoms with Gasteiger partial charge in [0, 0.05) is 18.8 Å². The van der Waals surface area contributed by atoms with Crippen molar-refractivity contribution in [3.8, 4) is 0 Å². The summed E-state index contributed by atoms with van der Waals surface area (Å²) >= 11 is 5.86. The van der Waals surface area contributed by atoms with Crippen LogP contribution < -0.4 is 5.32 Å². The van der Waals surface area contributed by atoms with E-state index in [4.69, 9.17) is 11.6 Å². The van der Waals surface area contributed by atoms with Crippen molar-refractivity contribution in [3.05, 3.63) is 23.0 Å². The molecule has 2 N–H and O–H groups in total. The fourth-order valence-electron chi connectivity index (χ4n) is 2.46. The fraction of sp³-hybridized carbons (Fsp3) is 0.615. The zero-order chi connectivity index (χ0) is 13.0. The average molecular weight is 270 g/mol. The highest BCUT2D eigenvalue weighted by Crippen LogP contribution is 2.17. The average Bonchev–Trinajstić information content (AvgIpc) is 2.83. The summed E-state index contributed by atoms with van der Waals surface area (Å²) < 4.78 is 0. The van der Waals surface area contributed by atoms with Crippen LogP contribution in [0.15, 0.2) is 12.3 Å². The highest BCUT2D eigenvalue weighted by molar-refractivity contribution is 6.30. The van der Waals surface area contributed by atoms with Crippen molar-refractivity contribution in [1.82, 2.24) is 15.2 Å². The molecule has 0 atom stereocenters. The number of hydrogen-bond acceptors (Lipinski definition) is 2. The maximum absolute atomic E-state index is 12.5. The van der Waals surface area contributed by atoms with Crippen LogP contribution in [0, 0.1) is 0 Å². The molecule has 18 heavy (non-hydrogen) atoms. The molecule has 0 aromatic carbocycles. The number of piperidine rings is 1. The largest absolute Gasteiger partial charge is 0.356 e. The van der Waals surface area contributed by atoms with E-state index in [0.29, 0.717) is 16.8 Å². The lowest BCUT2D eigenvalue weighted by Gasteiger charge is -2.34. The van der Waals surface area contributed by atoms with Crippen LogP contribution in [0.1, 0.15) is 36.7 Å². The zero-order valence-electron chi connectivity index (χ0n) is 10.7. The number of amides is 1. The first-order chi connectivity index (χ1) is 8.72. The van der Waals surface area contributed by atoms with Crippen molar-refractivity contribution in [1.29, 1.82) is 0 Å². The predicted octanol–water partition coefficient (Wildman–Crippen LogP) is 2.27. The van der Waals surface area contributed by atoms with Crippen LogP contribution in [0.2, 0.25) is 5.02 Å². The smallest absolute Gasteiger partial charge is 0.270 e. The molecule has 1 aromatic rings. The number of nitrogens with zero attached hydrogens (tertiary/aromatic N) is 1. The van der Waals surface area contributed by atoms with E-state index in [-0.39, 0.29) is 5.91 Å². The quantitative estimate of drug-likeness (QED) is 0.881. The van der Waals surface area contributed by atoms with E-state index in [0.717, 1.165) is 38.9 Å². The van der Waals surface area contributed by atoms with Crippen LogP contribution in [-0.4, -0.2) is 41.5 Å². The minimum atomic E-state index is 0.0654. The number of carbonyl (C=O) groups excluding carboxylic acids is 1. The first-order valence-electron chi connectivity index (χ1n) is 6.58. The normalized spacial score (nSPS) is 16.8. The molecule has 2 rings (SSSR count). The number of hydrogen-bond donors (Lipinski definition) is 2. The van der Waals surface area contributed by atoms with Crippen molar-refractivity contribution < 1.29 is 4.79 Å². The number of aromatic amines is 1. The maximum atomic E-state index is 12.5. The van der Waals surface area contributed by atoms with Crippen LogP contribution >= 0.6 is 11.6 Å². The molecule has 1 aliphatic heterocycles. The van der Waals surface area contributed by atoms with Gasteiger partial charge in [0.2, 0.25) is 0 Å². The second-order valence-electron chi connectivity index (χ2n) is 4.71. The minimum Gasteiger partial charge on any atom is -0.356 e. The summed E-state index contributed by atoms with van der Waals surface area (Å²) in [7, 11) is 0. The van der Waals surface area contributed by atoms with Gasteiger partial charge in [0.25, 0.3) is 5.91 Å². The second kappa shape index (κ2) is 6.25. The molecule has 0 radical (unpaired) electrons. The molecular weight excluding hydrogens is 250 g/mol. The second-order valence-corrected chi connectivity index (χ2v) is 5.15. The Morgan fingerprint density at radius 3 is 2.78 bits per heavy atom. The highest BCUT2D eigenvalue weighted by Gasteiger charge is 2.26. The lowest BCUT2D eigenvalue weighted by molar-refractivity contribution is 0.0637.